The molecule has 1 heterocycles. The molecule has 3 nitrogen and oxygen atoms in total. The van der Waals surface area contributed by atoms with Crippen LogP contribution in [0.1, 0.15) is 15.9 Å². The predicted molar refractivity (Wildman–Crippen MR) is 70.8 cm³/mol. The monoisotopic (exact) mass is 290 g/mol. The maximum absolute atomic E-state index is 12.0. The van der Waals surface area contributed by atoms with Crippen molar-refractivity contribution in [2.75, 3.05) is 5.73 Å². The second kappa shape index (κ2) is 5.10. The summed E-state index contributed by atoms with van der Waals surface area (Å²) in [4.78, 5) is 15.9. The van der Waals surface area contributed by atoms with Crippen molar-refractivity contribution in [2.24, 2.45) is 0 Å². The highest BCUT2D eigenvalue weighted by Crippen LogP contribution is 2.18. The summed E-state index contributed by atoms with van der Waals surface area (Å²) >= 11 is 3.32. The zero-order valence-electron chi connectivity index (χ0n) is 9.06. The Morgan fingerprint density at radius 2 is 1.94 bits per heavy atom. The van der Waals surface area contributed by atoms with Gasteiger partial charge in [0.25, 0.3) is 0 Å². The molecule has 0 spiro atoms. The van der Waals surface area contributed by atoms with Crippen molar-refractivity contribution in [2.45, 2.75) is 6.42 Å². The van der Waals surface area contributed by atoms with Gasteiger partial charge in [-0.15, -0.1) is 0 Å². The van der Waals surface area contributed by atoms with Crippen LogP contribution < -0.4 is 5.73 Å². The fourth-order valence-electron chi connectivity index (χ4n) is 1.56. The Balaban J connectivity index is 2.20. The molecule has 0 aliphatic carbocycles. The first-order valence-electron chi connectivity index (χ1n) is 5.13. The maximum atomic E-state index is 12.0. The minimum atomic E-state index is 0.0456. The standard InChI is InChI=1S/C13H11BrN2O/c14-11-6-10(7-12(15)8-11)13(17)5-9-1-3-16-4-2-9/h1-4,6-8H,5,15H2. The number of pyridine rings is 1. The van der Waals surface area contributed by atoms with Crippen LogP contribution in [0.3, 0.4) is 0 Å². The van der Waals surface area contributed by atoms with E-state index in [0.29, 0.717) is 17.7 Å². The Labute approximate surface area is 108 Å². The van der Waals surface area contributed by atoms with Gasteiger partial charge < -0.3 is 5.73 Å². The van der Waals surface area contributed by atoms with Crippen LogP contribution in [0.25, 0.3) is 0 Å². The van der Waals surface area contributed by atoms with Crippen LogP contribution >= 0.6 is 15.9 Å². The summed E-state index contributed by atoms with van der Waals surface area (Å²) in [7, 11) is 0. The van der Waals surface area contributed by atoms with E-state index in [1.54, 1.807) is 30.6 Å². The summed E-state index contributed by atoms with van der Waals surface area (Å²) in [5.74, 6) is 0.0456. The predicted octanol–water partition coefficient (Wildman–Crippen LogP) is 2.85. The molecule has 1 aromatic carbocycles. The summed E-state index contributed by atoms with van der Waals surface area (Å²) in [5, 5.41) is 0. The van der Waals surface area contributed by atoms with Gasteiger partial charge in [0.05, 0.1) is 0 Å². The lowest BCUT2D eigenvalue weighted by molar-refractivity contribution is 0.0993. The number of benzene rings is 1. The normalized spacial score (nSPS) is 10.2. The number of halogens is 1. The largest absolute Gasteiger partial charge is 0.399 e. The summed E-state index contributed by atoms with van der Waals surface area (Å²) in [6, 6.07) is 8.90. The first-order chi connectivity index (χ1) is 8.15. The number of aromatic nitrogens is 1. The lowest BCUT2D eigenvalue weighted by Gasteiger charge is -2.03. The average Bonchev–Trinajstić information content (AvgIpc) is 2.29. The van der Waals surface area contributed by atoms with E-state index >= 15 is 0 Å². The zero-order chi connectivity index (χ0) is 12.3. The van der Waals surface area contributed by atoms with Gasteiger partial charge in [-0.05, 0) is 35.9 Å². The smallest absolute Gasteiger partial charge is 0.167 e. The topological polar surface area (TPSA) is 56.0 Å². The number of nitrogen functional groups attached to an aromatic ring is 1. The number of carbonyl (C=O) groups excluding carboxylic acids is 1. The van der Waals surface area contributed by atoms with Crippen LogP contribution in [-0.2, 0) is 6.42 Å². The third-order valence-corrected chi connectivity index (χ3v) is 2.81. The molecule has 0 aliphatic heterocycles. The number of nitrogens with zero attached hydrogens (tertiary/aromatic N) is 1. The molecular weight excluding hydrogens is 280 g/mol. The molecule has 2 rings (SSSR count). The molecule has 0 bridgehead atoms. The first kappa shape index (κ1) is 11.8. The van der Waals surface area contributed by atoms with E-state index in [2.05, 4.69) is 20.9 Å². The summed E-state index contributed by atoms with van der Waals surface area (Å²) in [6.07, 6.45) is 3.72. The average molecular weight is 291 g/mol. The highest BCUT2D eigenvalue weighted by atomic mass is 79.9. The molecule has 1 aromatic heterocycles. The molecule has 17 heavy (non-hydrogen) atoms. The van der Waals surface area contributed by atoms with Gasteiger partial charge in [-0.3, -0.25) is 9.78 Å². The SMILES string of the molecule is Nc1cc(Br)cc(C(=O)Cc2ccncc2)c1. The van der Waals surface area contributed by atoms with E-state index in [-0.39, 0.29) is 5.78 Å². The minimum absolute atomic E-state index is 0.0456. The fourth-order valence-corrected chi connectivity index (χ4v) is 2.07. The van der Waals surface area contributed by atoms with Crippen molar-refractivity contribution >= 4 is 27.4 Å². The van der Waals surface area contributed by atoms with Crippen LogP contribution in [0.15, 0.2) is 47.2 Å². The van der Waals surface area contributed by atoms with Crippen LogP contribution in [0.4, 0.5) is 5.69 Å². The van der Waals surface area contributed by atoms with Crippen LogP contribution in [0.5, 0.6) is 0 Å². The lowest BCUT2D eigenvalue weighted by Crippen LogP contribution is -2.04. The molecule has 0 unspecified atom stereocenters. The highest BCUT2D eigenvalue weighted by Gasteiger charge is 2.08. The Hall–Kier alpha value is -1.68. The van der Waals surface area contributed by atoms with E-state index in [4.69, 9.17) is 5.73 Å². The minimum Gasteiger partial charge on any atom is -0.399 e. The third-order valence-electron chi connectivity index (χ3n) is 2.36. The van der Waals surface area contributed by atoms with Crippen molar-refractivity contribution in [3.63, 3.8) is 0 Å². The number of ketones is 1. The van der Waals surface area contributed by atoms with Gasteiger partial charge in [-0.1, -0.05) is 15.9 Å². The molecular formula is C13H11BrN2O. The molecule has 0 saturated carbocycles. The number of hydrogen-bond donors (Lipinski definition) is 1. The Morgan fingerprint density at radius 1 is 1.24 bits per heavy atom. The summed E-state index contributed by atoms with van der Waals surface area (Å²) < 4.78 is 0.815. The number of carbonyl (C=O) groups is 1. The van der Waals surface area contributed by atoms with E-state index in [9.17, 15) is 4.79 Å². The number of rotatable bonds is 3. The quantitative estimate of drug-likeness (QED) is 0.699. The van der Waals surface area contributed by atoms with Gasteiger partial charge in [-0.2, -0.15) is 0 Å². The van der Waals surface area contributed by atoms with Gasteiger partial charge in [0.15, 0.2) is 5.78 Å². The van der Waals surface area contributed by atoms with E-state index in [0.717, 1.165) is 10.0 Å². The molecule has 0 radical (unpaired) electrons. The van der Waals surface area contributed by atoms with Gasteiger partial charge in [0.1, 0.15) is 0 Å². The van der Waals surface area contributed by atoms with Crippen molar-refractivity contribution < 1.29 is 4.79 Å². The zero-order valence-corrected chi connectivity index (χ0v) is 10.6. The molecule has 2 aromatic rings. The molecule has 0 atom stereocenters. The van der Waals surface area contributed by atoms with Gasteiger partial charge in [0, 0.05) is 34.5 Å². The molecule has 0 fully saturated rings. The van der Waals surface area contributed by atoms with Gasteiger partial charge >= 0.3 is 0 Å². The molecule has 0 aliphatic rings. The van der Waals surface area contributed by atoms with E-state index in [1.807, 2.05) is 12.1 Å². The van der Waals surface area contributed by atoms with Crippen molar-refractivity contribution in [3.8, 4) is 0 Å². The second-order valence-electron chi connectivity index (χ2n) is 3.73. The Morgan fingerprint density at radius 3 is 2.59 bits per heavy atom. The maximum Gasteiger partial charge on any atom is 0.167 e. The lowest BCUT2D eigenvalue weighted by atomic mass is 10.0. The third kappa shape index (κ3) is 3.14. The van der Waals surface area contributed by atoms with Gasteiger partial charge in [0.2, 0.25) is 0 Å². The van der Waals surface area contributed by atoms with Crippen LogP contribution in [-0.4, -0.2) is 10.8 Å². The van der Waals surface area contributed by atoms with E-state index in [1.165, 1.54) is 0 Å². The Kier molecular flexibility index (Phi) is 3.54. The fraction of sp³-hybridized carbons (Fsp3) is 0.0769. The van der Waals surface area contributed by atoms with Crippen LogP contribution in [0, 0.1) is 0 Å². The molecule has 86 valence electrons. The number of Topliss-reactive ketones (excluding diaryl/α,β-unsaturated/α-hetero) is 1. The van der Waals surface area contributed by atoms with E-state index < -0.39 is 0 Å². The molecule has 2 N–H and O–H groups in total. The van der Waals surface area contributed by atoms with Crippen LogP contribution in [0.2, 0.25) is 0 Å². The number of hydrogen-bond acceptors (Lipinski definition) is 3. The number of anilines is 1. The van der Waals surface area contributed by atoms with Crippen molar-refractivity contribution in [1.82, 2.24) is 4.98 Å². The number of nitrogens with two attached hydrogens (primary N) is 1. The van der Waals surface area contributed by atoms with Crippen molar-refractivity contribution in [1.29, 1.82) is 0 Å². The summed E-state index contributed by atoms with van der Waals surface area (Å²) in [5.41, 5.74) is 7.85. The first-order valence-corrected chi connectivity index (χ1v) is 5.92. The molecule has 0 amide bonds. The van der Waals surface area contributed by atoms with Crippen molar-refractivity contribution in [3.05, 3.63) is 58.3 Å². The van der Waals surface area contributed by atoms with Gasteiger partial charge in [-0.25, -0.2) is 0 Å². The second-order valence-corrected chi connectivity index (χ2v) is 4.64. The Bertz CT molecular complexity index is 520. The summed E-state index contributed by atoms with van der Waals surface area (Å²) in [6.45, 7) is 0. The molecule has 0 saturated heterocycles. The molecule has 4 heteroatoms. The highest BCUT2D eigenvalue weighted by molar-refractivity contribution is 9.10.